The van der Waals surface area contributed by atoms with Gasteiger partial charge in [0.2, 0.25) is 0 Å². The van der Waals surface area contributed by atoms with E-state index in [-0.39, 0.29) is 0 Å². The molecule has 2 heterocycles. The molecule has 0 aliphatic carbocycles. The van der Waals surface area contributed by atoms with Crippen LogP contribution in [-0.2, 0) is 19.5 Å². The molecule has 194 valence electrons. The average molecular weight is 505 g/mol. The molecule has 1 fully saturated rings. The number of hydrogen-bond acceptors (Lipinski definition) is 4. The van der Waals surface area contributed by atoms with Crippen molar-refractivity contribution in [3.05, 3.63) is 106 Å². The highest BCUT2D eigenvalue weighted by molar-refractivity contribution is 5.87. The van der Waals surface area contributed by atoms with Gasteiger partial charge >= 0.3 is 0 Å². The zero-order valence-corrected chi connectivity index (χ0v) is 22.4. The highest BCUT2D eigenvalue weighted by atomic mass is 16.5. The summed E-state index contributed by atoms with van der Waals surface area (Å²) in [5.74, 6) is 0.742. The standard InChI is InChI=1S/C33H36N4O/c1-34-29-15-10-25(11-16-29)9-13-28-14-17-30-32(35-38-33(30)31(28)24-36(2)3)18-12-26-19-21-37(22-20-26)23-27-7-5-4-6-8-27/h4-11,13-17,26H,12,18-24H2,2-3H3/b13-9+. The van der Waals surface area contributed by atoms with Gasteiger partial charge in [0.15, 0.2) is 11.3 Å². The lowest BCUT2D eigenvalue weighted by Gasteiger charge is -2.31. The average Bonchev–Trinajstić information content (AvgIpc) is 3.36. The smallest absolute Gasteiger partial charge is 0.187 e. The monoisotopic (exact) mass is 504 g/mol. The first kappa shape index (κ1) is 25.9. The molecule has 5 rings (SSSR count). The normalized spacial score (nSPS) is 15.0. The minimum absolute atomic E-state index is 0.656. The Kier molecular flexibility index (Phi) is 8.33. The van der Waals surface area contributed by atoms with Gasteiger partial charge in [-0.25, -0.2) is 4.85 Å². The van der Waals surface area contributed by atoms with E-state index in [1.807, 2.05) is 24.3 Å². The molecule has 0 bridgehead atoms. The van der Waals surface area contributed by atoms with Crippen molar-refractivity contribution in [3.8, 4) is 0 Å². The second kappa shape index (κ2) is 12.2. The molecular formula is C33H36N4O. The summed E-state index contributed by atoms with van der Waals surface area (Å²) in [5, 5.41) is 5.68. The maximum absolute atomic E-state index is 7.14. The maximum Gasteiger partial charge on any atom is 0.187 e. The van der Waals surface area contributed by atoms with E-state index in [0.717, 1.165) is 65.2 Å². The van der Waals surface area contributed by atoms with Crippen LogP contribution < -0.4 is 0 Å². The fourth-order valence-electron chi connectivity index (χ4n) is 5.40. The number of benzene rings is 3. The van der Waals surface area contributed by atoms with Crippen LogP contribution in [0.4, 0.5) is 5.69 Å². The van der Waals surface area contributed by atoms with Crippen molar-refractivity contribution in [2.75, 3.05) is 27.2 Å². The van der Waals surface area contributed by atoms with Gasteiger partial charge in [-0.1, -0.05) is 78.0 Å². The van der Waals surface area contributed by atoms with Gasteiger partial charge in [0, 0.05) is 24.0 Å². The van der Waals surface area contributed by atoms with E-state index >= 15 is 0 Å². The maximum atomic E-state index is 7.14. The lowest BCUT2D eigenvalue weighted by molar-refractivity contribution is 0.172. The molecule has 3 aromatic carbocycles. The molecule has 0 amide bonds. The molecule has 0 atom stereocenters. The van der Waals surface area contributed by atoms with Crippen LogP contribution in [-0.4, -0.2) is 42.1 Å². The van der Waals surface area contributed by atoms with Gasteiger partial charge in [-0.15, -0.1) is 0 Å². The summed E-state index contributed by atoms with van der Waals surface area (Å²) in [6.45, 7) is 11.3. The van der Waals surface area contributed by atoms with Gasteiger partial charge in [-0.05, 0) is 81.5 Å². The van der Waals surface area contributed by atoms with Crippen molar-refractivity contribution in [1.29, 1.82) is 0 Å². The summed E-state index contributed by atoms with van der Waals surface area (Å²) in [6, 6.07) is 22.8. The van der Waals surface area contributed by atoms with E-state index < -0.39 is 0 Å². The highest BCUT2D eigenvalue weighted by Crippen LogP contribution is 2.30. The predicted molar refractivity (Wildman–Crippen MR) is 156 cm³/mol. The first-order valence-corrected chi connectivity index (χ1v) is 13.6. The van der Waals surface area contributed by atoms with Crippen LogP contribution in [0, 0.1) is 12.5 Å². The lowest BCUT2D eigenvalue weighted by Crippen LogP contribution is -2.33. The second-order valence-electron chi connectivity index (χ2n) is 10.7. The summed E-state index contributed by atoms with van der Waals surface area (Å²) >= 11 is 0. The van der Waals surface area contributed by atoms with Gasteiger partial charge in [0.1, 0.15) is 0 Å². The largest absolute Gasteiger partial charge is 0.356 e. The molecule has 0 unspecified atom stereocenters. The fraction of sp³-hybridized carbons (Fsp3) is 0.333. The summed E-state index contributed by atoms with van der Waals surface area (Å²) in [7, 11) is 4.16. The summed E-state index contributed by atoms with van der Waals surface area (Å²) in [4.78, 5) is 8.23. The van der Waals surface area contributed by atoms with Gasteiger partial charge in [0.25, 0.3) is 0 Å². The molecule has 0 radical (unpaired) electrons. The number of hydrogen-bond donors (Lipinski definition) is 0. The number of fused-ring (bicyclic) bond motifs is 1. The van der Waals surface area contributed by atoms with Gasteiger partial charge in [-0.3, -0.25) is 4.90 Å². The van der Waals surface area contributed by atoms with Crippen LogP contribution >= 0.6 is 0 Å². The predicted octanol–water partition coefficient (Wildman–Crippen LogP) is 7.46. The minimum atomic E-state index is 0.656. The van der Waals surface area contributed by atoms with E-state index in [1.165, 1.54) is 31.5 Å². The Hall–Kier alpha value is -3.72. The summed E-state index contributed by atoms with van der Waals surface area (Å²) in [5.41, 5.74) is 7.41. The Morgan fingerprint density at radius 3 is 2.47 bits per heavy atom. The quantitative estimate of drug-likeness (QED) is 0.175. The van der Waals surface area contributed by atoms with Crippen LogP contribution in [0.3, 0.4) is 0 Å². The first-order valence-electron chi connectivity index (χ1n) is 13.6. The third-order valence-corrected chi connectivity index (χ3v) is 7.55. The highest BCUT2D eigenvalue weighted by Gasteiger charge is 2.21. The third kappa shape index (κ3) is 6.39. The molecule has 5 nitrogen and oxygen atoms in total. The van der Waals surface area contributed by atoms with Crippen molar-refractivity contribution >= 4 is 28.8 Å². The van der Waals surface area contributed by atoms with Crippen molar-refractivity contribution in [2.24, 2.45) is 5.92 Å². The topological polar surface area (TPSA) is 36.9 Å². The zero-order chi connectivity index (χ0) is 26.3. The molecule has 4 aromatic rings. The third-order valence-electron chi connectivity index (χ3n) is 7.55. The van der Waals surface area contributed by atoms with Crippen molar-refractivity contribution < 1.29 is 4.52 Å². The molecular weight excluding hydrogens is 468 g/mol. The Balaban J connectivity index is 1.25. The number of aryl methyl sites for hydroxylation is 1. The number of likely N-dealkylation sites (tertiary alicyclic amines) is 1. The van der Waals surface area contributed by atoms with Crippen molar-refractivity contribution in [1.82, 2.24) is 15.0 Å². The van der Waals surface area contributed by atoms with E-state index in [4.69, 9.17) is 11.1 Å². The lowest BCUT2D eigenvalue weighted by atomic mass is 9.90. The number of rotatable bonds is 9. The minimum Gasteiger partial charge on any atom is -0.356 e. The van der Waals surface area contributed by atoms with E-state index in [1.54, 1.807) is 0 Å². The van der Waals surface area contributed by atoms with Crippen molar-refractivity contribution in [2.45, 2.75) is 38.8 Å². The van der Waals surface area contributed by atoms with E-state index in [9.17, 15) is 0 Å². The molecule has 38 heavy (non-hydrogen) atoms. The Bertz CT molecular complexity index is 1410. The molecule has 0 N–H and O–H groups in total. The number of nitrogens with zero attached hydrogens (tertiary/aromatic N) is 4. The number of piperidine rings is 1. The van der Waals surface area contributed by atoms with Gasteiger partial charge in [0.05, 0.1) is 12.3 Å². The van der Waals surface area contributed by atoms with Crippen LogP contribution in [0.1, 0.15) is 47.2 Å². The molecule has 0 spiro atoms. The van der Waals surface area contributed by atoms with Gasteiger partial charge < -0.3 is 9.42 Å². The van der Waals surface area contributed by atoms with Crippen LogP contribution in [0.15, 0.2) is 71.3 Å². The summed E-state index contributed by atoms with van der Waals surface area (Å²) < 4.78 is 5.98. The molecule has 1 aromatic heterocycles. The van der Waals surface area contributed by atoms with Crippen LogP contribution in [0.2, 0.25) is 0 Å². The fourth-order valence-corrected chi connectivity index (χ4v) is 5.40. The molecule has 1 aliphatic rings. The molecule has 5 heteroatoms. The SMILES string of the molecule is [C-]#[N+]c1ccc(/C=C/c2ccc3c(CCC4CCN(Cc5ccccc5)CC4)noc3c2CN(C)C)cc1. The van der Waals surface area contributed by atoms with Crippen LogP contribution in [0.5, 0.6) is 0 Å². The zero-order valence-electron chi connectivity index (χ0n) is 22.4. The summed E-state index contributed by atoms with van der Waals surface area (Å²) in [6.07, 6.45) is 8.85. The Morgan fingerprint density at radius 2 is 1.76 bits per heavy atom. The van der Waals surface area contributed by atoms with Crippen molar-refractivity contribution in [3.63, 3.8) is 0 Å². The number of aromatic nitrogens is 1. The van der Waals surface area contributed by atoms with E-state index in [0.29, 0.717) is 5.69 Å². The van der Waals surface area contributed by atoms with E-state index in [2.05, 4.69) is 88.5 Å². The van der Waals surface area contributed by atoms with Gasteiger partial charge in [-0.2, -0.15) is 0 Å². The van der Waals surface area contributed by atoms with Crippen LogP contribution in [0.25, 0.3) is 28.0 Å². The second-order valence-corrected chi connectivity index (χ2v) is 10.7. The molecule has 0 saturated carbocycles. The molecule has 1 aliphatic heterocycles. The molecule has 1 saturated heterocycles. The first-order chi connectivity index (χ1) is 18.6. The Labute approximate surface area is 226 Å². The Morgan fingerprint density at radius 1 is 1.00 bits per heavy atom.